The molecule has 0 atom stereocenters. The van der Waals surface area contributed by atoms with E-state index in [2.05, 4.69) is 63.4 Å². The molecule has 0 bridgehead atoms. The summed E-state index contributed by atoms with van der Waals surface area (Å²) in [7, 11) is 1.71. The number of benzene rings is 1. The number of carbonyl (C=O) groups is 1. The Balaban J connectivity index is 2.28. The van der Waals surface area contributed by atoms with E-state index in [4.69, 9.17) is 11.6 Å². The zero-order valence-electron chi connectivity index (χ0n) is 10.7. The summed E-state index contributed by atoms with van der Waals surface area (Å²) in [5.41, 5.74) is 1.01. The van der Waals surface area contributed by atoms with E-state index in [1.54, 1.807) is 13.1 Å². The first-order chi connectivity index (χ1) is 9.92. The molecule has 2 N–H and O–H groups in total. The Morgan fingerprint density at radius 2 is 1.81 bits per heavy atom. The highest BCUT2D eigenvalue weighted by molar-refractivity contribution is 9.11. The Bertz CT molecular complexity index is 686. The molecule has 21 heavy (non-hydrogen) atoms. The lowest BCUT2D eigenvalue weighted by molar-refractivity contribution is 0.102. The van der Waals surface area contributed by atoms with Gasteiger partial charge in [0.15, 0.2) is 0 Å². The Hall–Kier alpha value is -0.630. The molecule has 0 aliphatic carbocycles. The Kier molecular flexibility index (Phi) is 5.65. The molecule has 0 unspecified atom stereocenters. The molecule has 0 aliphatic heterocycles. The molecule has 0 saturated heterocycles. The molecule has 1 amide bonds. The Morgan fingerprint density at radius 1 is 1.19 bits per heavy atom. The summed E-state index contributed by atoms with van der Waals surface area (Å²) in [6, 6.07) is 5.25. The van der Waals surface area contributed by atoms with Crippen LogP contribution in [0.15, 0.2) is 37.8 Å². The summed E-state index contributed by atoms with van der Waals surface area (Å²) in [6.45, 7) is 0. The van der Waals surface area contributed by atoms with E-state index >= 15 is 0 Å². The van der Waals surface area contributed by atoms with E-state index in [1.807, 2.05) is 12.1 Å². The lowest BCUT2D eigenvalue weighted by Gasteiger charge is -2.11. The van der Waals surface area contributed by atoms with Crippen molar-refractivity contribution in [1.29, 1.82) is 0 Å². The van der Waals surface area contributed by atoms with Gasteiger partial charge in [-0.15, -0.1) is 0 Å². The number of rotatable bonds is 3. The van der Waals surface area contributed by atoms with Crippen LogP contribution < -0.4 is 10.6 Å². The van der Waals surface area contributed by atoms with E-state index in [0.29, 0.717) is 22.1 Å². The maximum atomic E-state index is 12.3. The van der Waals surface area contributed by atoms with E-state index in [-0.39, 0.29) is 5.91 Å². The van der Waals surface area contributed by atoms with Gasteiger partial charge in [-0.2, -0.15) is 0 Å². The average molecular weight is 498 g/mol. The highest BCUT2D eigenvalue weighted by Gasteiger charge is 2.14. The van der Waals surface area contributed by atoms with Gasteiger partial charge in [-0.05, 0) is 50.1 Å². The molecule has 1 heterocycles. The number of anilines is 2. The summed E-state index contributed by atoms with van der Waals surface area (Å²) >= 11 is 16.2. The quantitative estimate of drug-likeness (QED) is 0.603. The lowest BCUT2D eigenvalue weighted by Crippen LogP contribution is -2.13. The second-order valence-corrected chi connectivity index (χ2v) is 7.03. The molecule has 0 spiro atoms. The molecule has 2 aromatic rings. The summed E-state index contributed by atoms with van der Waals surface area (Å²) < 4.78 is 2.40. The van der Waals surface area contributed by atoms with E-state index in [1.165, 1.54) is 6.20 Å². The highest BCUT2D eigenvalue weighted by Crippen LogP contribution is 2.34. The first-order valence-electron chi connectivity index (χ1n) is 5.71. The lowest BCUT2D eigenvalue weighted by atomic mass is 10.2. The molecule has 2 rings (SSSR count). The molecule has 4 nitrogen and oxygen atoms in total. The average Bonchev–Trinajstić information content (AvgIpc) is 2.42. The molecule has 1 aromatic heterocycles. The van der Waals surface area contributed by atoms with Crippen LogP contribution in [0.2, 0.25) is 5.02 Å². The third-order valence-corrected chi connectivity index (χ3v) is 4.58. The molecule has 8 heteroatoms. The second-order valence-electron chi connectivity index (χ2n) is 4.00. The van der Waals surface area contributed by atoms with Gasteiger partial charge in [0.1, 0.15) is 5.82 Å². The van der Waals surface area contributed by atoms with Crippen molar-refractivity contribution in [2.75, 3.05) is 17.7 Å². The van der Waals surface area contributed by atoms with Crippen LogP contribution in [0.3, 0.4) is 0 Å². The molecule has 1 aromatic carbocycles. The number of pyridine rings is 1. The number of nitrogens with zero attached hydrogens (tertiary/aromatic N) is 1. The Labute approximate surface area is 152 Å². The second kappa shape index (κ2) is 7.09. The number of hydrogen-bond donors (Lipinski definition) is 2. The van der Waals surface area contributed by atoms with E-state index in [0.717, 1.165) is 13.4 Å². The SMILES string of the molecule is CNc1ncc(C(=O)Nc2c(Br)cc(Br)cc2Br)cc1Cl. The van der Waals surface area contributed by atoms with E-state index in [9.17, 15) is 4.79 Å². The van der Waals surface area contributed by atoms with Crippen molar-refractivity contribution in [3.63, 3.8) is 0 Å². The normalized spacial score (nSPS) is 10.3. The van der Waals surface area contributed by atoms with Crippen LogP contribution in [0.4, 0.5) is 11.5 Å². The van der Waals surface area contributed by atoms with Gasteiger partial charge < -0.3 is 10.6 Å². The fourth-order valence-electron chi connectivity index (χ4n) is 1.59. The molecule has 0 fully saturated rings. The van der Waals surface area contributed by atoms with Gasteiger partial charge in [0.05, 0.1) is 16.3 Å². The minimum atomic E-state index is -0.296. The predicted molar refractivity (Wildman–Crippen MR) is 96.3 cm³/mol. The fraction of sp³-hybridized carbons (Fsp3) is 0.0769. The number of amides is 1. The van der Waals surface area contributed by atoms with Crippen LogP contribution in [0.5, 0.6) is 0 Å². The molecule has 0 aliphatic rings. The standard InChI is InChI=1S/C13H9Br3ClN3O/c1-18-12-10(17)2-6(5-19-12)13(21)20-11-8(15)3-7(14)4-9(11)16/h2-5H,1H3,(H,18,19)(H,20,21). The van der Waals surface area contributed by atoms with Crippen LogP contribution in [0.1, 0.15) is 10.4 Å². The summed E-state index contributed by atoms with van der Waals surface area (Å²) in [4.78, 5) is 16.4. The maximum Gasteiger partial charge on any atom is 0.257 e. The number of hydrogen-bond acceptors (Lipinski definition) is 3. The van der Waals surface area contributed by atoms with Crippen molar-refractivity contribution in [3.8, 4) is 0 Å². The number of nitrogens with one attached hydrogen (secondary N) is 2. The molecule has 0 radical (unpaired) electrons. The minimum Gasteiger partial charge on any atom is -0.372 e. The van der Waals surface area contributed by atoms with Crippen LogP contribution in [-0.2, 0) is 0 Å². The van der Waals surface area contributed by atoms with Crippen LogP contribution >= 0.6 is 59.4 Å². The smallest absolute Gasteiger partial charge is 0.257 e. The van der Waals surface area contributed by atoms with Gasteiger partial charge in [-0.25, -0.2) is 4.98 Å². The minimum absolute atomic E-state index is 0.296. The molecule has 0 saturated carbocycles. The third-order valence-electron chi connectivity index (χ3n) is 2.59. The van der Waals surface area contributed by atoms with Crippen LogP contribution in [0.25, 0.3) is 0 Å². The summed E-state index contributed by atoms with van der Waals surface area (Å²) in [5, 5.41) is 6.04. The maximum absolute atomic E-state index is 12.3. The van der Waals surface area contributed by atoms with Crippen molar-refractivity contribution < 1.29 is 4.79 Å². The van der Waals surface area contributed by atoms with Crippen molar-refractivity contribution >= 4 is 76.8 Å². The van der Waals surface area contributed by atoms with Crippen molar-refractivity contribution in [1.82, 2.24) is 4.98 Å². The number of halogens is 4. The van der Waals surface area contributed by atoms with Gasteiger partial charge in [0.2, 0.25) is 0 Å². The fourth-order valence-corrected chi connectivity index (χ4v) is 4.31. The van der Waals surface area contributed by atoms with Gasteiger partial charge in [-0.3, -0.25) is 4.79 Å². The summed E-state index contributed by atoms with van der Waals surface area (Å²) in [5.74, 6) is 0.231. The van der Waals surface area contributed by atoms with Crippen LogP contribution in [-0.4, -0.2) is 17.9 Å². The largest absolute Gasteiger partial charge is 0.372 e. The number of aromatic nitrogens is 1. The van der Waals surface area contributed by atoms with Crippen LogP contribution in [0, 0.1) is 0 Å². The van der Waals surface area contributed by atoms with Gasteiger partial charge in [0.25, 0.3) is 5.91 Å². The first kappa shape index (κ1) is 16.7. The monoisotopic (exact) mass is 495 g/mol. The number of carbonyl (C=O) groups excluding carboxylic acids is 1. The molecule has 110 valence electrons. The van der Waals surface area contributed by atoms with E-state index < -0.39 is 0 Å². The Morgan fingerprint density at radius 3 is 2.33 bits per heavy atom. The molecular weight excluding hydrogens is 489 g/mol. The van der Waals surface area contributed by atoms with Gasteiger partial charge in [0, 0.05) is 26.7 Å². The van der Waals surface area contributed by atoms with Crippen molar-refractivity contribution in [2.24, 2.45) is 0 Å². The summed E-state index contributed by atoms with van der Waals surface area (Å²) in [6.07, 6.45) is 1.47. The topological polar surface area (TPSA) is 54.0 Å². The predicted octanol–water partition coefficient (Wildman–Crippen LogP) is 5.32. The van der Waals surface area contributed by atoms with Gasteiger partial charge >= 0.3 is 0 Å². The molecular formula is C13H9Br3ClN3O. The third kappa shape index (κ3) is 3.97. The zero-order chi connectivity index (χ0) is 15.6. The van der Waals surface area contributed by atoms with Crippen molar-refractivity contribution in [3.05, 3.63) is 48.4 Å². The highest BCUT2D eigenvalue weighted by atomic mass is 79.9. The zero-order valence-corrected chi connectivity index (χ0v) is 16.2. The van der Waals surface area contributed by atoms with Crippen molar-refractivity contribution in [2.45, 2.75) is 0 Å². The first-order valence-corrected chi connectivity index (χ1v) is 8.47. The van der Waals surface area contributed by atoms with Gasteiger partial charge in [-0.1, -0.05) is 27.5 Å².